The quantitative estimate of drug-likeness (QED) is 0.692. The van der Waals surface area contributed by atoms with Gasteiger partial charge >= 0.3 is 0 Å². The molecule has 2 heterocycles. The molecule has 3 aromatic rings. The molecule has 0 radical (unpaired) electrons. The standard InChI is InChI=1S/C19H19N3OS2/c1-12-3-8-16-17(9-12)25-19(21-16)22-10-13(11-22)18(23)20-14-4-6-15(24-2)7-5-14/h3-9,13H,10-11H2,1-2H3,(H,20,23). The number of thioether (sulfide) groups is 1. The lowest BCUT2D eigenvalue weighted by Gasteiger charge is -2.37. The summed E-state index contributed by atoms with van der Waals surface area (Å²) in [7, 11) is 0. The molecule has 0 spiro atoms. The Morgan fingerprint density at radius 1 is 1.24 bits per heavy atom. The Hall–Kier alpha value is -2.05. The molecule has 1 amide bonds. The third-order valence-corrected chi connectivity index (χ3v) is 6.24. The molecule has 4 nitrogen and oxygen atoms in total. The van der Waals surface area contributed by atoms with Crippen LogP contribution in [-0.4, -0.2) is 30.2 Å². The van der Waals surface area contributed by atoms with Gasteiger partial charge in [-0.3, -0.25) is 4.79 Å². The fourth-order valence-corrected chi connectivity index (χ4v) is 4.36. The van der Waals surface area contributed by atoms with Crippen LogP contribution in [0.1, 0.15) is 5.56 Å². The van der Waals surface area contributed by atoms with Crippen LogP contribution in [0.3, 0.4) is 0 Å². The van der Waals surface area contributed by atoms with E-state index in [-0.39, 0.29) is 11.8 Å². The van der Waals surface area contributed by atoms with Crippen molar-refractivity contribution in [3.63, 3.8) is 0 Å². The van der Waals surface area contributed by atoms with Crippen molar-refractivity contribution in [2.75, 3.05) is 29.6 Å². The lowest BCUT2D eigenvalue weighted by molar-refractivity contribution is -0.120. The summed E-state index contributed by atoms with van der Waals surface area (Å²) in [6, 6.07) is 14.3. The van der Waals surface area contributed by atoms with E-state index >= 15 is 0 Å². The van der Waals surface area contributed by atoms with Gasteiger partial charge in [-0.05, 0) is 55.1 Å². The van der Waals surface area contributed by atoms with E-state index in [9.17, 15) is 4.79 Å². The van der Waals surface area contributed by atoms with Gasteiger partial charge in [0.1, 0.15) is 0 Å². The first-order chi connectivity index (χ1) is 12.1. The number of rotatable bonds is 4. The van der Waals surface area contributed by atoms with E-state index in [1.807, 2.05) is 30.5 Å². The molecule has 1 aliphatic heterocycles. The van der Waals surface area contributed by atoms with Crippen LogP contribution in [0.4, 0.5) is 10.8 Å². The highest BCUT2D eigenvalue weighted by Gasteiger charge is 2.34. The smallest absolute Gasteiger partial charge is 0.231 e. The van der Waals surface area contributed by atoms with Gasteiger partial charge in [0.25, 0.3) is 0 Å². The molecule has 1 N–H and O–H groups in total. The molecule has 1 aromatic heterocycles. The number of nitrogens with one attached hydrogen (secondary N) is 1. The third kappa shape index (κ3) is 3.37. The summed E-state index contributed by atoms with van der Waals surface area (Å²) in [5.74, 6) is 0.110. The van der Waals surface area contributed by atoms with E-state index in [1.54, 1.807) is 23.1 Å². The zero-order chi connectivity index (χ0) is 17.4. The first-order valence-corrected chi connectivity index (χ1v) is 10.2. The molecular formula is C19H19N3OS2. The van der Waals surface area contributed by atoms with E-state index in [1.165, 1.54) is 15.2 Å². The minimum atomic E-state index is 0.0222. The maximum atomic E-state index is 12.4. The Kier molecular flexibility index (Phi) is 4.39. The van der Waals surface area contributed by atoms with Crippen LogP contribution in [0.5, 0.6) is 0 Å². The van der Waals surface area contributed by atoms with Gasteiger partial charge in [0.05, 0.1) is 16.1 Å². The summed E-state index contributed by atoms with van der Waals surface area (Å²) in [4.78, 5) is 20.4. The van der Waals surface area contributed by atoms with Crippen molar-refractivity contribution < 1.29 is 4.79 Å². The Morgan fingerprint density at radius 2 is 2.00 bits per heavy atom. The van der Waals surface area contributed by atoms with Crippen molar-refractivity contribution in [2.24, 2.45) is 5.92 Å². The molecule has 0 saturated carbocycles. The average Bonchev–Trinajstić information content (AvgIpc) is 2.96. The molecule has 6 heteroatoms. The summed E-state index contributed by atoms with van der Waals surface area (Å²) in [6.45, 7) is 3.55. The maximum absolute atomic E-state index is 12.4. The minimum Gasteiger partial charge on any atom is -0.346 e. The monoisotopic (exact) mass is 369 g/mol. The number of benzene rings is 2. The predicted molar refractivity (Wildman–Crippen MR) is 107 cm³/mol. The zero-order valence-electron chi connectivity index (χ0n) is 14.2. The van der Waals surface area contributed by atoms with Crippen molar-refractivity contribution in [1.29, 1.82) is 0 Å². The second-order valence-electron chi connectivity index (χ2n) is 6.29. The number of anilines is 2. The molecular weight excluding hydrogens is 350 g/mol. The topological polar surface area (TPSA) is 45.2 Å². The van der Waals surface area contributed by atoms with Crippen LogP contribution in [0, 0.1) is 12.8 Å². The normalized spacial score (nSPS) is 14.6. The molecule has 128 valence electrons. The Bertz CT molecular complexity index is 914. The molecule has 0 bridgehead atoms. The fourth-order valence-electron chi connectivity index (χ4n) is 2.87. The first-order valence-electron chi connectivity index (χ1n) is 8.19. The SMILES string of the molecule is CSc1ccc(NC(=O)C2CN(c3nc4ccc(C)cc4s3)C2)cc1. The number of hydrogen-bond acceptors (Lipinski definition) is 5. The molecule has 25 heavy (non-hydrogen) atoms. The van der Waals surface area contributed by atoms with Gasteiger partial charge in [0.15, 0.2) is 5.13 Å². The van der Waals surface area contributed by atoms with E-state index < -0.39 is 0 Å². The van der Waals surface area contributed by atoms with Gasteiger partial charge in [0, 0.05) is 23.7 Å². The van der Waals surface area contributed by atoms with Crippen molar-refractivity contribution >= 4 is 50.0 Å². The molecule has 1 saturated heterocycles. The van der Waals surface area contributed by atoms with E-state index in [0.29, 0.717) is 0 Å². The number of amides is 1. The summed E-state index contributed by atoms with van der Waals surface area (Å²) in [5, 5.41) is 4.02. The molecule has 2 aromatic carbocycles. The second kappa shape index (κ2) is 6.69. The summed E-state index contributed by atoms with van der Waals surface area (Å²) in [6.07, 6.45) is 2.04. The van der Waals surface area contributed by atoms with Crippen molar-refractivity contribution in [3.8, 4) is 0 Å². The second-order valence-corrected chi connectivity index (χ2v) is 8.18. The summed E-state index contributed by atoms with van der Waals surface area (Å²) >= 11 is 3.39. The number of aryl methyl sites for hydroxylation is 1. The molecule has 0 unspecified atom stereocenters. The van der Waals surface area contributed by atoms with E-state index in [0.717, 1.165) is 29.4 Å². The Morgan fingerprint density at radius 3 is 2.72 bits per heavy atom. The lowest BCUT2D eigenvalue weighted by Crippen LogP contribution is -2.52. The lowest BCUT2D eigenvalue weighted by atomic mass is 10.00. The molecule has 1 fully saturated rings. The van der Waals surface area contributed by atoms with Gasteiger partial charge in [-0.15, -0.1) is 11.8 Å². The highest BCUT2D eigenvalue weighted by atomic mass is 32.2. The van der Waals surface area contributed by atoms with Gasteiger partial charge in [-0.25, -0.2) is 4.98 Å². The predicted octanol–water partition coefficient (Wildman–Crippen LogP) is 4.40. The van der Waals surface area contributed by atoms with Crippen LogP contribution >= 0.6 is 23.1 Å². The van der Waals surface area contributed by atoms with Gasteiger partial charge in [-0.2, -0.15) is 0 Å². The Labute approximate surface area is 155 Å². The number of aromatic nitrogens is 1. The molecule has 4 rings (SSSR count). The van der Waals surface area contributed by atoms with E-state index in [4.69, 9.17) is 0 Å². The number of hydrogen-bond donors (Lipinski definition) is 1. The molecule has 1 aliphatic rings. The number of thiazole rings is 1. The zero-order valence-corrected chi connectivity index (χ0v) is 15.8. The van der Waals surface area contributed by atoms with Crippen LogP contribution in [-0.2, 0) is 4.79 Å². The highest BCUT2D eigenvalue weighted by molar-refractivity contribution is 7.98. The maximum Gasteiger partial charge on any atom is 0.231 e. The fraction of sp³-hybridized carbons (Fsp3) is 0.263. The first kappa shape index (κ1) is 16.4. The minimum absolute atomic E-state index is 0.0222. The molecule has 0 atom stereocenters. The van der Waals surface area contributed by atoms with Crippen LogP contribution < -0.4 is 10.2 Å². The number of carbonyl (C=O) groups excluding carboxylic acids is 1. The van der Waals surface area contributed by atoms with E-state index in [2.05, 4.69) is 40.3 Å². The van der Waals surface area contributed by atoms with Crippen molar-refractivity contribution in [2.45, 2.75) is 11.8 Å². The van der Waals surface area contributed by atoms with Crippen molar-refractivity contribution in [1.82, 2.24) is 4.98 Å². The largest absolute Gasteiger partial charge is 0.346 e. The highest BCUT2D eigenvalue weighted by Crippen LogP contribution is 2.33. The Balaban J connectivity index is 1.37. The summed E-state index contributed by atoms with van der Waals surface area (Å²) < 4.78 is 1.21. The molecule has 0 aliphatic carbocycles. The number of carbonyl (C=O) groups is 1. The van der Waals surface area contributed by atoms with Crippen molar-refractivity contribution in [3.05, 3.63) is 48.0 Å². The average molecular weight is 370 g/mol. The summed E-state index contributed by atoms with van der Waals surface area (Å²) in [5.41, 5.74) is 3.14. The number of nitrogens with zero attached hydrogens (tertiary/aromatic N) is 2. The van der Waals surface area contributed by atoms with Gasteiger partial charge < -0.3 is 10.2 Å². The van der Waals surface area contributed by atoms with Crippen LogP contribution in [0.2, 0.25) is 0 Å². The van der Waals surface area contributed by atoms with Gasteiger partial charge in [-0.1, -0.05) is 17.4 Å². The van der Waals surface area contributed by atoms with Crippen LogP contribution in [0.15, 0.2) is 47.4 Å². The van der Waals surface area contributed by atoms with Crippen LogP contribution in [0.25, 0.3) is 10.2 Å². The number of fused-ring (bicyclic) bond motifs is 1. The van der Waals surface area contributed by atoms with Gasteiger partial charge in [0.2, 0.25) is 5.91 Å². The third-order valence-electron chi connectivity index (χ3n) is 4.41.